The highest BCUT2D eigenvalue weighted by atomic mass is 19.1. The van der Waals surface area contributed by atoms with Crippen molar-refractivity contribution in [3.05, 3.63) is 70.0 Å². The molecular formula is C23H24FN5O5. The Hall–Kier alpha value is -4.02. The molecule has 4 rings (SSSR count). The standard InChI is InChI=1S/C23H24FN5O5/c1-2-34-22(31)19-20(15-3-7-18(8-4-15)29(32)33)25-23(26-21(19)30)28-13-11-27(12-14-28)17-9-5-16(24)6-10-17/h3-10,19-20H,2,11-14H2,1H3,(H,25,26,30)/t19-,20-/m1/s1. The van der Waals surface area contributed by atoms with E-state index in [1.165, 1.54) is 36.4 Å². The zero-order chi connectivity index (χ0) is 24.2. The molecule has 10 nitrogen and oxygen atoms in total. The minimum atomic E-state index is -1.20. The maximum absolute atomic E-state index is 13.2. The van der Waals surface area contributed by atoms with E-state index in [2.05, 4.69) is 15.2 Å². The summed E-state index contributed by atoms with van der Waals surface area (Å²) in [6, 6.07) is 11.0. The summed E-state index contributed by atoms with van der Waals surface area (Å²) >= 11 is 0. The SMILES string of the molecule is CCOC(=O)[C@H]1C(=O)NC(N2CCN(c3ccc(F)cc3)CC2)=N[C@@H]1c1ccc([N+](=O)[O-])cc1. The van der Waals surface area contributed by atoms with Crippen molar-refractivity contribution in [1.29, 1.82) is 0 Å². The fourth-order valence-corrected chi connectivity index (χ4v) is 4.09. The Morgan fingerprint density at radius 2 is 1.74 bits per heavy atom. The van der Waals surface area contributed by atoms with Gasteiger partial charge in [0.05, 0.1) is 11.5 Å². The molecule has 1 N–H and O–H groups in total. The maximum atomic E-state index is 13.2. The summed E-state index contributed by atoms with van der Waals surface area (Å²) in [4.78, 5) is 44.7. The molecular weight excluding hydrogens is 445 g/mol. The molecule has 2 aromatic carbocycles. The van der Waals surface area contributed by atoms with E-state index in [4.69, 9.17) is 4.74 Å². The first-order valence-corrected chi connectivity index (χ1v) is 10.9. The molecule has 178 valence electrons. The number of anilines is 1. The fraction of sp³-hybridized carbons (Fsp3) is 0.348. The molecule has 2 aliphatic heterocycles. The fourth-order valence-electron chi connectivity index (χ4n) is 4.09. The van der Waals surface area contributed by atoms with Crippen LogP contribution in [-0.4, -0.2) is 60.4 Å². The summed E-state index contributed by atoms with van der Waals surface area (Å²) in [7, 11) is 0. The van der Waals surface area contributed by atoms with Crippen LogP contribution in [0.1, 0.15) is 18.5 Å². The lowest BCUT2D eigenvalue weighted by Gasteiger charge is -2.39. The predicted octanol–water partition coefficient (Wildman–Crippen LogP) is 2.26. The molecule has 0 aliphatic carbocycles. The number of rotatable bonds is 5. The van der Waals surface area contributed by atoms with Crippen molar-refractivity contribution in [3.8, 4) is 0 Å². The zero-order valence-corrected chi connectivity index (χ0v) is 18.5. The predicted molar refractivity (Wildman–Crippen MR) is 122 cm³/mol. The molecule has 2 aromatic rings. The molecule has 0 radical (unpaired) electrons. The van der Waals surface area contributed by atoms with Crippen molar-refractivity contribution < 1.29 is 23.6 Å². The average molecular weight is 469 g/mol. The number of guanidine groups is 1. The molecule has 2 atom stereocenters. The number of carbonyl (C=O) groups excluding carboxylic acids is 2. The lowest BCUT2D eigenvalue weighted by Crippen LogP contribution is -2.57. The summed E-state index contributed by atoms with van der Waals surface area (Å²) in [6.07, 6.45) is 0. The molecule has 34 heavy (non-hydrogen) atoms. The van der Waals surface area contributed by atoms with Crippen molar-refractivity contribution in [2.45, 2.75) is 13.0 Å². The molecule has 0 bridgehead atoms. The molecule has 1 amide bonds. The number of halogens is 1. The molecule has 0 saturated carbocycles. The Labute approximate surface area is 195 Å². The summed E-state index contributed by atoms with van der Waals surface area (Å²) in [5, 5.41) is 13.7. The number of non-ortho nitro benzene ring substituents is 1. The molecule has 0 spiro atoms. The molecule has 11 heteroatoms. The third-order valence-electron chi connectivity index (χ3n) is 5.85. The highest BCUT2D eigenvalue weighted by Gasteiger charge is 2.42. The molecule has 1 fully saturated rings. The number of piperazine rings is 1. The van der Waals surface area contributed by atoms with Crippen LogP contribution in [0.2, 0.25) is 0 Å². The van der Waals surface area contributed by atoms with Crippen molar-refractivity contribution in [2.75, 3.05) is 37.7 Å². The lowest BCUT2D eigenvalue weighted by atomic mass is 9.91. The second kappa shape index (κ2) is 9.86. The van der Waals surface area contributed by atoms with E-state index < -0.39 is 28.8 Å². The summed E-state index contributed by atoms with van der Waals surface area (Å²) in [6.45, 7) is 4.11. The van der Waals surface area contributed by atoms with Crippen LogP contribution in [0.5, 0.6) is 0 Å². The number of amides is 1. The van der Waals surface area contributed by atoms with Crippen molar-refractivity contribution >= 4 is 29.2 Å². The first-order valence-electron chi connectivity index (χ1n) is 10.9. The van der Waals surface area contributed by atoms with Gasteiger partial charge in [0.1, 0.15) is 11.9 Å². The number of nitro groups is 1. The third kappa shape index (κ3) is 4.82. The van der Waals surface area contributed by atoms with Gasteiger partial charge in [-0.3, -0.25) is 25.0 Å². The van der Waals surface area contributed by atoms with Crippen LogP contribution in [0.3, 0.4) is 0 Å². The lowest BCUT2D eigenvalue weighted by molar-refractivity contribution is -0.384. The Balaban J connectivity index is 1.57. The molecule has 2 aliphatic rings. The number of hydrogen-bond acceptors (Lipinski definition) is 8. The number of nitro benzene ring substituents is 1. The second-order valence-corrected chi connectivity index (χ2v) is 7.92. The van der Waals surface area contributed by atoms with Gasteiger partial charge in [-0.25, -0.2) is 9.38 Å². The van der Waals surface area contributed by atoms with E-state index in [1.54, 1.807) is 19.1 Å². The number of ether oxygens (including phenoxy) is 1. The summed E-state index contributed by atoms with van der Waals surface area (Å²) in [5.41, 5.74) is 1.31. The van der Waals surface area contributed by atoms with Crippen LogP contribution < -0.4 is 10.2 Å². The highest BCUT2D eigenvalue weighted by Crippen LogP contribution is 2.32. The minimum absolute atomic E-state index is 0.0992. The smallest absolute Gasteiger partial charge is 0.321 e. The van der Waals surface area contributed by atoms with Crippen LogP contribution in [0.15, 0.2) is 53.5 Å². The van der Waals surface area contributed by atoms with Gasteiger partial charge in [0.15, 0.2) is 5.92 Å². The van der Waals surface area contributed by atoms with Gasteiger partial charge in [-0.2, -0.15) is 0 Å². The first-order chi connectivity index (χ1) is 16.4. The first kappa shape index (κ1) is 23.1. The van der Waals surface area contributed by atoms with Gasteiger partial charge in [0.2, 0.25) is 11.9 Å². The van der Waals surface area contributed by atoms with Crippen LogP contribution in [-0.2, 0) is 14.3 Å². The van der Waals surface area contributed by atoms with E-state index in [0.29, 0.717) is 37.7 Å². The number of nitrogens with one attached hydrogen (secondary N) is 1. The monoisotopic (exact) mass is 469 g/mol. The number of nitrogens with zero attached hydrogens (tertiary/aromatic N) is 4. The average Bonchev–Trinajstić information content (AvgIpc) is 2.84. The van der Waals surface area contributed by atoms with E-state index in [-0.39, 0.29) is 18.1 Å². The Morgan fingerprint density at radius 3 is 2.32 bits per heavy atom. The topological polar surface area (TPSA) is 117 Å². The number of benzene rings is 2. The minimum Gasteiger partial charge on any atom is -0.465 e. The Kier molecular flexibility index (Phi) is 6.71. The van der Waals surface area contributed by atoms with Crippen LogP contribution >= 0.6 is 0 Å². The quantitative estimate of drug-likeness (QED) is 0.309. The molecule has 0 unspecified atom stereocenters. The number of esters is 1. The van der Waals surface area contributed by atoms with E-state index in [1.807, 2.05) is 4.90 Å². The number of carbonyl (C=O) groups is 2. The van der Waals surface area contributed by atoms with Crippen molar-refractivity contribution in [2.24, 2.45) is 10.9 Å². The highest BCUT2D eigenvalue weighted by molar-refractivity contribution is 6.08. The summed E-state index contributed by atoms with van der Waals surface area (Å²) in [5.74, 6) is -2.39. The van der Waals surface area contributed by atoms with Gasteiger partial charge >= 0.3 is 5.97 Å². The zero-order valence-electron chi connectivity index (χ0n) is 18.5. The number of aliphatic imine (C=N–C) groups is 1. The largest absolute Gasteiger partial charge is 0.465 e. The van der Waals surface area contributed by atoms with Crippen LogP contribution in [0.25, 0.3) is 0 Å². The van der Waals surface area contributed by atoms with E-state index >= 15 is 0 Å². The van der Waals surface area contributed by atoms with Gasteiger partial charge < -0.3 is 14.5 Å². The van der Waals surface area contributed by atoms with Gasteiger partial charge in [0, 0.05) is 44.0 Å². The van der Waals surface area contributed by atoms with Gasteiger partial charge in [-0.05, 0) is 36.8 Å². The molecule has 2 heterocycles. The molecule has 0 aromatic heterocycles. The van der Waals surface area contributed by atoms with Crippen LogP contribution in [0.4, 0.5) is 15.8 Å². The van der Waals surface area contributed by atoms with E-state index in [9.17, 15) is 24.1 Å². The third-order valence-corrected chi connectivity index (χ3v) is 5.85. The Bertz CT molecular complexity index is 1100. The number of hydrogen-bond donors (Lipinski definition) is 1. The van der Waals surface area contributed by atoms with Crippen LogP contribution in [0, 0.1) is 21.8 Å². The van der Waals surface area contributed by atoms with Gasteiger partial charge in [-0.15, -0.1) is 0 Å². The summed E-state index contributed by atoms with van der Waals surface area (Å²) < 4.78 is 18.3. The normalized spacial score (nSPS) is 20.4. The Morgan fingerprint density at radius 1 is 1.12 bits per heavy atom. The van der Waals surface area contributed by atoms with Crippen molar-refractivity contribution in [1.82, 2.24) is 10.2 Å². The second-order valence-electron chi connectivity index (χ2n) is 7.92. The molecule has 1 saturated heterocycles. The van der Waals surface area contributed by atoms with E-state index in [0.717, 1.165) is 5.69 Å². The maximum Gasteiger partial charge on any atom is 0.321 e. The van der Waals surface area contributed by atoms with Gasteiger partial charge in [0.25, 0.3) is 5.69 Å². The van der Waals surface area contributed by atoms with Crippen molar-refractivity contribution in [3.63, 3.8) is 0 Å². The van der Waals surface area contributed by atoms with Gasteiger partial charge in [-0.1, -0.05) is 12.1 Å².